The molecule has 1 aliphatic heterocycles. The number of rotatable bonds is 1. The van der Waals surface area contributed by atoms with Gasteiger partial charge in [0.15, 0.2) is 0 Å². The van der Waals surface area contributed by atoms with Crippen molar-refractivity contribution in [2.24, 2.45) is 0 Å². The molecule has 1 N–H and O–H groups in total. The van der Waals surface area contributed by atoms with Crippen molar-refractivity contribution in [1.82, 2.24) is 0 Å². The Bertz CT molecular complexity index is 506. The van der Waals surface area contributed by atoms with Gasteiger partial charge in [-0.25, -0.2) is 0 Å². The van der Waals surface area contributed by atoms with E-state index in [1.807, 2.05) is 11.3 Å². The number of thiophene rings is 1. The molecule has 0 saturated carbocycles. The van der Waals surface area contributed by atoms with E-state index in [1.165, 1.54) is 27.0 Å². The van der Waals surface area contributed by atoms with Gasteiger partial charge in [0.1, 0.15) is 0 Å². The van der Waals surface area contributed by atoms with Crippen LogP contribution in [0.1, 0.15) is 22.9 Å². The van der Waals surface area contributed by atoms with Crippen LogP contribution in [0.15, 0.2) is 40.2 Å². The van der Waals surface area contributed by atoms with Crippen LogP contribution in [-0.4, -0.2) is 0 Å². The predicted octanol–water partition coefficient (Wildman–Crippen LogP) is 4.61. The lowest BCUT2D eigenvalue weighted by Gasteiger charge is -2.26. The molecule has 0 saturated heterocycles. The molecule has 2 aromatic rings. The number of benzene rings is 1. The van der Waals surface area contributed by atoms with Crippen molar-refractivity contribution >= 4 is 33.0 Å². The van der Waals surface area contributed by atoms with Crippen LogP contribution in [0.25, 0.3) is 0 Å². The van der Waals surface area contributed by atoms with Gasteiger partial charge >= 0.3 is 0 Å². The third-order valence-corrected chi connectivity index (χ3v) is 5.00. The van der Waals surface area contributed by atoms with Crippen LogP contribution < -0.4 is 5.32 Å². The first-order valence-electron chi connectivity index (χ1n) is 5.42. The van der Waals surface area contributed by atoms with E-state index in [0.29, 0.717) is 6.04 Å². The van der Waals surface area contributed by atoms with Gasteiger partial charge in [-0.2, -0.15) is 0 Å². The summed E-state index contributed by atoms with van der Waals surface area (Å²) in [6.07, 6.45) is 2.34. The minimum Gasteiger partial charge on any atom is -0.377 e. The van der Waals surface area contributed by atoms with Crippen molar-refractivity contribution in [2.45, 2.75) is 18.9 Å². The van der Waals surface area contributed by atoms with E-state index in [2.05, 4.69) is 57.0 Å². The molecule has 1 nitrogen and oxygen atoms in total. The van der Waals surface area contributed by atoms with Crippen molar-refractivity contribution in [3.63, 3.8) is 0 Å². The number of halogens is 1. The molecule has 2 heterocycles. The Labute approximate surface area is 108 Å². The van der Waals surface area contributed by atoms with Gasteiger partial charge < -0.3 is 5.32 Å². The lowest BCUT2D eigenvalue weighted by molar-refractivity contribution is 0.676. The van der Waals surface area contributed by atoms with E-state index in [9.17, 15) is 0 Å². The van der Waals surface area contributed by atoms with Crippen LogP contribution in [0.4, 0.5) is 5.69 Å². The zero-order valence-electron chi connectivity index (χ0n) is 8.74. The third-order valence-electron chi connectivity index (χ3n) is 3.01. The maximum absolute atomic E-state index is 3.62. The van der Waals surface area contributed by atoms with Crippen LogP contribution in [0, 0.1) is 0 Å². The third kappa shape index (κ3) is 1.78. The molecule has 0 aliphatic carbocycles. The second-order valence-corrected chi connectivity index (χ2v) is 5.83. The summed E-state index contributed by atoms with van der Waals surface area (Å²) in [4.78, 5) is 1.41. The summed E-state index contributed by atoms with van der Waals surface area (Å²) < 4.78 is 1.23. The van der Waals surface area contributed by atoms with Crippen LogP contribution >= 0.6 is 27.3 Å². The van der Waals surface area contributed by atoms with Gasteiger partial charge in [0.25, 0.3) is 0 Å². The number of anilines is 1. The fourth-order valence-corrected chi connectivity index (χ4v) is 3.93. The summed E-state index contributed by atoms with van der Waals surface area (Å²) in [6, 6.07) is 11.2. The lowest BCUT2D eigenvalue weighted by Crippen LogP contribution is -2.17. The highest BCUT2D eigenvalue weighted by Crippen LogP contribution is 2.37. The standard InChI is InChI=1S/C13H12BrNS/c14-10-7-8-16-13(10)12-6-5-9-3-1-2-4-11(9)15-12/h1-4,7-8,12,15H,5-6H2. The van der Waals surface area contributed by atoms with Crippen LogP contribution in [0.5, 0.6) is 0 Å². The van der Waals surface area contributed by atoms with Gasteiger partial charge in [-0.1, -0.05) is 18.2 Å². The van der Waals surface area contributed by atoms with Crippen molar-refractivity contribution in [1.29, 1.82) is 0 Å². The van der Waals surface area contributed by atoms with Gasteiger partial charge in [-0.05, 0) is 51.8 Å². The largest absolute Gasteiger partial charge is 0.377 e. The second-order valence-electron chi connectivity index (χ2n) is 4.03. The summed E-state index contributed by atoms with van der Waals surface area (Å²) in [7, 11) is 0. The fraction of sp³-hybridized carbons (Fsp3) is 0.231. The summed E-state index contributed by atoms with van der Waals surface area (Å²) >= 11 is 5.43. The monoisotopic (exact) mass is 293 g/mol. The van der Waals surface area contributed by atoms with Crippen molar-refractivity contribution in [2.75, 3.05) is 5.32 Å². The van der Waals surface area contributed by atoms with Gasteiger partial charge in [-0.3, -0.25) is 0 Å². The number of fused-ring (bicyclic) bond motifs is 1. The van der Waals surface area contributed by atoms with Crippen molar-refractivity contribution < 1.29 is 0 Å². The molecule has 1 aromatic heterocycles. The van der Waals surface area contributed by atoms with Gasteiger partial charge in [-0.15, -0.1) is 11.3 Å². The number of hydrogen-bond acceptors (Lipinski definition) is 2. The SMILES string of the molecule is Brc1ccsc1C1CCc2ccccc2N1. The molecule has 3 rings (SSSR count). The average molecular weight is 294 g/mol. The Morgan fingerprint density at radius 1 is 1.25 bits per heavy atom. The topological polar surface area (TPSA) is 12.0 Å². The van der Waals surface area contributed by atoms with Gasteiger partial charge in [0, 0.05) is 15.0 Å². The lowest BCUT2D eigenvalue weighted by atomic mass is 9.97. The molecule has 1 atom stereocenters. The van der Waals surface area contributed by atoms with Gasteiger partial charge in [0.2, 0.25) is 0 Å². The zero-order chi connectivity index (χ0) is 11.0. The van der Waals surface area contributed by atoms with E-state index in [0.717, 1.165) is 6.42 Å². The normalized spacial score (nSPS) is 18.9. The first kappa shape index (κ1) is 10.4. The average Bonchev–Trinajstić information content (AvgIpc) is 2.75. The minimum absolute atomic E-state index is 0.462. The molecule has 0 bridgehead atoms. The van der Waals surface area contributed by atoms with E-state index in [4.69, 9.17) is 0 Å². The molecule has 1 aromatic carbocycles. The molecule has 1 unspecified atom stereocenters. The number of aryl methyl sites for hydroxylation is 1. The van der Waals surface area contributed by atoms with Crippen LogP contribution in [0.2, 0.25) is 0 Å². The summed E-state index contributed by atoms with van der Waals surface area (Å²) in [5, 5.41) is 5.76. The highest BCUT2D eigenvalue weighted by molar-refractivity contribution is 9.10. The Hall–Kier alpha value is -0.800. The molecular weight excluding hydrogens is 282 g/mol. The van der Waals surface area contributed by atoms with Gasteiger partial charge in [0.05, 0.1) is 6.04 Å². The Balaban J connectivity index is 1.91. The molecule has 0 spiro atoms. The first-order chi connectivity index (χ1) is 7.84. The minimum atomic E-state index is 0.462. The summed E-state index contributed by atoms with van der Waals surface area (Å²) in [5.74, 6) is 0. The number of para-hydroxylation sites is 1. The maximum Gasteiger partial charge on any atom is 0.0621 e. The number of hydrogen-bond donors (Lipinski definition) is 1. The van der Waals surface area contributed by atoms with E-state index >= 15 is 0 Å². The maximum atomic E-state index is 3.62. The van der Waals surface area contributed by atoms with Crippen molar-refractivity contribution in [3.05, 3.63) is 50.6 Å². The Morgan fingerprint density at radius 2 is 2.12 bits per heavy atom. The molecule has 0 fully saturated rings. The second kappa shape index (κ2) is 4.22. The number of nitrogens with one attached hydrogen (secondary N) is 1. The quantitative estimate of drug-likeness (QED) is 0.810. The van der Waals surface area contributed by atoms with E-state index in [-0.39, 0.29) is 0 Å². The van der Waals surface area contributed by atoms with Crippen molar-refractivity contribution in [3.8, 4) is 0 Å². The zero-order valence-corrected chi connectivity index (χ0v) is 11.1. The van der Waals surface area contributed by atoms with Crippen LogP contribution in [0.3, 0.4) is 0 Å². The predicted molar refractivity (Wildman–Crippen MR) is 73.1 cm³/mol. The molecule has 0 radical (unpaired) electrons. The summed E-state index contributed by atoms with van der Waals surface area (Å²) in [6.45, 7) is 0. The first-order valence-corrected chi connectivity index (χ1v) is 7.09. The molecule has 0 amide bonds. The van der Waals surface area contributed by atoms with Crippen LogP contribution in [-0.2, 0) is 6.42 Å². The summed E-state index contributed by atoms with van der Waals surface area (Å²) in [5.41, 5.74) is 2.73. The highest BCUT2D eigenvalue weighted by Gasteiger charge is 2.21. The molecule has 82 valence electrons. The smallest absolute Gasteiger partial charge is 0.0621 e. The Kier molecular flexibility index (Phi) is 2.74. The Morgan fingerprint density at radius 3 is 2.94 bits per heavy atom. The fourth-order valence-electron chi connectivity index (χ4n) is 2.19. The molecule has 1 aliphatic rings. The molecule has 3 heteroatoms. The highest BCUT2D eigenvalue weighted by atomic mass is 79.9. The van der Waals surface area contributed by atoms with E-state index in [1.54, 1.807) is 0 Å². The van der Waals surface area contributed by atoms with E-state index < -0.39 is 0 Å². The molecule has 16 heavy (non-hydrogen) atoms. The molecular formula is C13H12BrNS.